The molecular formula is C14H24O2. The van der Waals surface area contributed by atoms with Crippen LogP contribution in [0, 0.1) is 17.3 Å². The second-order valence-corrected chi connectivity index (χ2v) is 6.11. The lowest BCUT2D eigenvalue weighted by atomic mass is 9.64. The van der Waals surface area contributed by atoms with Crippen molar-refractivity contribution in [2.45, 2.75) is 57.5 Å². The summed E-state index contributed by atoms with van der Waals surface area (Å²) in [5.41, 5.74) is 0.140. The lowest BCUT2D eigenvalue weighted by molar-refractivity contribution is -0.0441. The summed E-state index contributed by atoms with van der Waals surface area (Å²) in [5.74, 6) is 1.51. The Bertz CT molecular complexity index is 243. The van der Waals surface area contributed by atoms with Crippen LogP contribution in [0.5, 0.6) is 0 Å². The fraction of sp³-hybridized carbons (Fsp3) is 1.00. The Balaban J connectivity index is 1.79. The van der Waals surface area contributed by atoms with Crippen molar-refractivity contribution in [1.82, 2.24) is 0 Å². The van der Waals surface area contributed by atoms with Crippen LogP contribution in [0.15, 0.2) is 0 Å². The van der Waals surface area contributed by atoms with E-state index in [9.17, 15) is 5.11 Å². The molecule has 0 aromatic rings. The molecule has 1 N–H and O–H groups in total. The third-order valence-corrected chi connectivity index (χ3v) is 5.19. The van der Waals surface area contributed by atoms with Crippen molar-refractivity contribution in [2.75, 3.05) is 13.2 Å². The maximum Gasteiger partial charge on any atom is 0.0684 e. The van der Waals surface area contributed by atoms with E-state index in [-0.39, 0.29) is 5.41 Å². The SMILES string of the molecule is OCC1(C2CCCCC2)CCOC1C1CC1. The average molecular weight is 224 g/mol. The van der Waals surface area contributed by atoms with Crippen LogP contribution in [-0.4, -0.2) is 24.4 Å². The molecule has 16 heavy (non-hydrogen) atoms. The third kappa shape index (κ3) is 1.70. The largest absolute Gasteiger partial charge is 0.396 e. The lowest BCUT2D eigenvalue weighted by Gasteiger charge is -2.42. The summed E-state index contributed by atoms with van der Waals surface area (Å²) >= 11 is 0. The van der Waals surface area contributed by atoms with Gasteiger partial charge in [-0.2, -0.15) is 0 Å². The molecule has 2 saturated carbocycles. The van der Waals surface area contributed by atoms with Crippen molar-refractivity contribution in [3.8, 4) is 0 Å². The summed E-state index contributed by atoms with van der Waals surface area (Å²) in [6.45, 7) is 1.25. The van der Waals surface area contributed by atoms with E-state index in [2.05, 4.69) is 0 Å². The number of ether oxygens (including phenoxy) is 1. The lowest BCUT2D eigenvalue weighted by Crippen LogP contribution is -2.43. The Kier molecular flexibility index (Phi) is 2.97. The van der Waals surface area contributed by atoms with Gasteiger partial charge in [0.05, 0.1) is 12.7 Å². The van der Waals surface area contributed by atoms with E-state index in [4.69, 9.17) is 4.74 Å². The molecule has 2 unspecified atom stereocenters. The van der Waals surface area contributed by atoms with Crippen molar-refractivity contribution in [3.63, 3.8) is 0 Å². The quantitative estimate of drug-likeness (QED) is 0.798. The molecule has 0 amide bonds. The van der Waals surface area contributed by atoms with Gasteiger partial charge in [0.25, 0.3) is 0 Å². The van der Waals surface area contributed by atoms with E-state index in [1.807, 2.05) is 0 Å². The number of hydrogen-bond donors (Lipinski definition) is 1. The Morgan fingerprint density at radius 3 is 2.44 bits per heavy atom. The van der Waals surface area contributed by atoms with E-state index in [0.29, 0.717) is 12.7 Å². The van der Waals surface area contributed by atoms with Crippen LogP contribution in [0.1, 0.15) is 51.4 Å². The molecule has 0 aromatic heterocycles. The van der Waals surface area contributed by atoms with Crippen LogP contribution in [-0.2, 0) is 4.74 Å². The first-order chi connectivity index (χ1) is 7.87. The highest BCUT2D eigenvalue weighted by atomic mass is 16.5. The first-order valence-electron chi connectivity index (χ1n) is 7.09. The summed E-state index contributed by atoms with van der Waals surface area (Å²) in [7, 11) is 0. The molecule has 2 atom stereocenters. The number of rotatable bonds is 3. The summed E-state index contributed by atoms with van der Waals surface area (Å²) in [5, 5.41) is 9.94. The first-order valence-corrected chi connectivity index (χ1v) is 7.09. The van der Waals surface area contributed by atoms with Gasteiger partial charge in [0.1, 0.15) is 0 Å². The molecule has 3 rings (SSSR count). The predicted octanol–water partition coefficient (Wildman–Crippen LogP) is 2.74. The zero-order valence-corrected chi connectivity index (χ0v) is 10.2. The van der Waals surface area contributed by atoms with Crippen LogP contribution in [0.2, 0.25) is 0 Å². The van der Waals surface area contributed by atoms with Crippen molar-refractivity contribution in [2.24, 2.45) is 17.3 Å². The van der Waals surface area contributed by atoms with Gasteiger partial charge >= 0.3 is 0 Å². The topological polar surface area (TPSA) is 29.5 Å². The van der Waals surface area contributed by atoms with E-state index >= 15 is 0 Å². The molecule has 3 aliphatic rings. The van der Waals surface area contributed by atoms with E-state index in [1.54, 1.807) is 0 Å². The van der Waals surface area contributed by atoms with E-state index < -0.39 is 0 Å². The minimum Gasteiger partial charge on any atom is -0.396 e. The molecule has 0 aromatic carbocycles. The van der Waals surface area contributed by atoms with Crippen LogP contribution in [0.25, 0.3) is 0 Å². The molecule has 92 valence electrons. The number of hydrogen-bond acceptors (Lipinski definition) is 2. The highest BCUT2D eigenvalue weighted by Crippen LogP contribution is 2.54. The highest BCUT2D eigenvalue weighted by molar-refractivity contribution is 5.02. The summed E-state index contributed by atoms with van der Waals surface area (Å²) in [6, 6.07) is 0. The minimum atomic E-state index is 0.140. The van der Waals surface area contributed by atoms with Crippen molar-refractivity contribution >= 4 is 0 Å². The van der Waals surface area contributed by atoms with Gasteiger partial charge in [0.15, 0.2) is 0 Å². The third-order valence-electron chi connectivity index (χ3n) is 5.19. The Hall–Kier alpha value is -0.0800. The van der Waals surface area contributed by atoms with E-state index in [1.165, 1.54) is 44.9 Å². The summed E-state index contributed by atoms with van der Waals surface area (Å²) < 4.78 is 5.98. The standard InChI is InChI=1S/C14H24O2/c15-10-14(12-4-2-1-3-5-12)8-9-16-13(14)11-6-7-11/h11-13,15H,1-10H2. The van der Waals surface area contributed by atoms with Gasteiger partial charge in [-0.15, -0.1) is 0 Å². The molecule has 0 radical (unpaired) electrons. The highest BCUT2D eigenvalue weighted by Gasteiger charge is 2.54. The second-order valence-electron chi connectivity index (χ2n) is 6.11. The van der Waals surface area contributed by atoms with E-state index in [0.717, 1.165) is 24.9 Å². The van der Waals surface area contributed by atoms with Gasteiger partial charge < -0.3 is 9.84 Å². The zero-order valence-electron chi connectivity index (χ0n) is 10.2. The van der Waals surface area contributed by atoms with Gasteiger partial charge in [0.2, 0.25) is 0 Å². The zero-order chi connectivity index (χ0) is 11.0. The molecule has 2 aliphatic carbocycles. The maximum absolute atomic E-state index is 9.94. The number of aliphatic hydroxyl groups excluding tert-OH is 1. The minimum absolute atomic E-state index is 0.140. The number of aliphatic hydroxyl groups is 1. The molecule has 3 fully saturated rings. The monoisotopic (exact) mass is 224 g/mol. The summed E-state index contributed by atoms with van der Waals surface area (Å²) in [4.78, 5) is 0. The molecule has 1 saturated heterocycles. The van der Waals surface area contributed by atoms with Gasteiger partial charge in [-0.3, -0.25) is 0 Å². The fourth-order valence-corrected chi connectivity index (χ4v) is 4.10. The molecule has 1 aliphatic heterocycles. The predicted molar refractivity (Wildman–Crippen MR) is 63.2 cm³/mol. The molecule has 0 bridgehead atoms. The van der Waals surface area contributed by atoms with Crippen molar-refractivity contribution in [1.29, 1.82) is 0 Å². The van der Waals surface area contributed by atoms with Gasteiger partial charge in [-0.1, -0.05) is 19.3 Å². The molecule has 1 heterocycles. The van der Waals surface area contributed by atoms with Crippen LogP contribution >= 0.6 is 0 Å². The first kappa shape index (κ1) is 11.0. The molecule has 0 spiro atoms. The molecule has 2 heteroatoms. The van der Waals surface area contributed by atoms with Gasteiger partial charge in [-0.25, -0.2) is 0 Å². The van der Waals surface area contributed by atoms with Gasteiger partial charge in [-0.05, 0) is 43.9 Å². The normalized spacial score (nSPS) is 41.4. The van der Waals surface area contributed by atoms with Crippen molar-refractivity contribution in [3.05, 3.63) is 0 Å². The molecule has 2 nitrogen and oxygen atoms in total. The van der Waals surface area contributed by atoms with Crippen molar-refractivity contribution < 1.29 is 9.84 Å². The molecular weight excluding hydrogens is 200 g/mol. The van der Waals surface area contributed by atoms with Gasteiger partial charge in [0, 0.05) is 12.0 Å². The van der Waals surface area contributed by atoms with Crippen LogP contribution in [0.4, 0.5) is 0 Å². The summed E-state index contributed by atoms with van der Waals surface area (Å²) in [6.07, 6.45) is 10.9. The Morgan fingerprint density at radius 2 is 1.81 bits per heavy atom. The smallest absolute Gasteiger partial charge is 0.0684 e. The average Bonchev–Trinajstić information content (AvgIpc) is 3.10. The second kappa shape index (κ2) is 4.30. The fourth-order valence-electron chi connectivity index (χ4n) is 4.10. The maximum atomic E-state index is 9.94. The Labute approximate surface area is 98.4 Å². The van der Waals surface area contributed by atoms with Crippen LogP contribution in [0.3, 0.4) is 0 Å². The van der Waals surface area contributed by atoms with Crippen LogP contribution < -0.4 is 0 Å². The Morgan fingerprint density at radius 1 is 1.06 bits per heavy atom.